The van der Waals surface area contributed by atoms with Crippen molar-refractivity contribution in [3.63, 3.8) is 0 Å². The van der Waals surface area contributed by atoms with Gasteiger partial charge < -0.3 is 19.3 Å². The molecule has 0 saturated carbocycles. The Morgan fingerprint density at radius 1 is 1.29 bits per heavy atom. The summed E-state index contributed by atoms with van der Waals surface area (Å²) in [6.45, 7) is 7.80. The molecule has 0 saturated heterocycles. The van der Waals surface area contributed by atoms with Gasteiger partial charge in [0.25, 0.3) is 0 Å². The monoisotopic (exact) mass is 334 g/mol. The maximum absolute atomic E-state index is 11.7. The summed E-state index contributed by atoms with van der Waals surface area (Å²) >= 11 is 0. The Bertz CT molecular complexity index is 730. The van der Waals surface area contributed by atoms with E-state index < -0.39 is 11.7 Å². The highest BCUT2D eigenvalue weighted by atomic mass is 16.6. The summed E-state index contributed by atoms with van der Waals surface area (Å²) in [5.74, 6) is -0.344. The molecule has 0 aliphatic rings. The number of aromatic nitrogens is 1. The van der Waals surface area contributed by atoms with E-state index in [-0.39, 0.29) is 12.4 Å². The highest BCUT2D eigenvalue weighted by Crippen LogP contribution is 2.21. The van der Waals surface area contributed by atoms with E-state index in [4.69, 9.17) is 14.0 Å². The molecule has 130 valence electrons. The minimum atomic E-state index is -0.541. The lowest BCUT2D eigenvalue weighted by molar-refractivity contribution is -0.142. The number of benzene rings is 1. The summed E-state index contributed by atoms with van der Waals surface area (Å²) in [6, 6.07) is 5.42. The van der Waals surface area contributed by atoms with Gasteiger partial charge in [0.2, 0.25) is 0 Å². The number of carbonyl (C=O) groups is 2. The number of nitrogens with one attached hydrogen (secondary N) is 1. The molecule has 0 fully saturated rings. The molecule has 0 spiro atoms. The largest absolute Gasteiger partial charge is 0.466 e. The molecule has 0 aliphatic carbocycles. The summed E-state index contributed by atoms with van der Waals surface area (Å²) in [7, 11) is 0. The number of fused-ring (bicyclic) bond motifs is 1. The van der Waals surface area contributed by atoms with Gasteiger partial charge in [-0.3, -0.25) is 4.79 Å². The summed E-state index contributed by atoms with van der Waals surface area (Å²) in [5, 5.41) is 7.35. The Hall–Kier alpha value is -2.57. The number of alkyl carbamates (subject to hydrolysis) is 1. The minimum absolute atomic E-state index is 0.0658. The molecule has 2 aromatic rings. The lowest BCUT2D eigenvalue weighted by Crippen LogP contribution is -2.32. The van der Waals surface area contributed by atoms with Crippen LogP contribution >= 0.6 is 0 Å². The lowest BCUT2D eigenvalue weighted by Gasteiger charge is -2.19. The van der Waals surface area contributed by atoms with Crippen LogP contribution in [0.15, 0.2) is 22.7 Å². The predicted molar refractivity (Wildman–Crippen MR) is 87.4 cm³/mol. The van der Waals surface area contributed by atoms with Crippen LogP contribution in [0.2, 0.25) is 0 Å². The van der Waals surface area contributed by atoms with Crippen LogP contribution in [0.25, 0.3) is 11.0 Å². The third kappa shape index (κ3) is 4.97. The van der Waals surface area contributed by atoms with Crippen LogP contribution in [0.5, 0.6) is 0 Å². The van der Waals surface area contributed by atoms with Gasteiger partial charge in [-0.2, -0.15) is 0 Å². The van der Waals surface area contributed by atoms with E-state index in [0.29, 0.717) is 24.4 Å². The maximum Gasteiger partial charge on any atom is 0.407 e. The van der Waals surface area contributed by atoms with Crippen molar-refractivity contribution in [2.45, 2.75) is 46.3 Å². The minimum Gasteiger partial charge on any atom is -0.466 e. The Balaban J connectivity index is 2.02. The van der Waals surface area contributed by atoms with Crippen molar-refractivity contribution in [1.29, 1.82) is 0 Å². The van der Waals surface area contributed by atoms with Gasteiger partial charge in [0.05, 0.1) is 13.0 Å². The van der Waals surface area contributed by atoms with Gasteiger partial charge in [-0.05, 0) is 45.4 Å². The van der Waals surface area contributed by atoms with Gasteiger partial charge in [0.1, 0.15) is 11.3 Å². The second-order valence-electron chi connectivity index (χ2n) is 6.30. The normalized spacial score (nSPS) is 11.3. The zero-order chi connectivity index (χ0) is 17.7. The molecule has 1 amide bonds. The van der Waals surface area contributed by atoms with Crippen LogP contribution in [-0.2, 0) is 27.2 Å². The van der Waals surface area contributed by atoms with Crippen LogP contribution in [0.4, 0.5) is 4.79 Å². The average Bonchev–Trinajstić information content (AvgIpc) is 2.86. The smallest absolute Gasteiger partial charge is 0.407 e. The molecule has 1 aromatic heterocycles. The average molecular weight is 334 g/mol. The number of ether oxygens (including phenoxy) is 2. The van der Waals surface area contributed by atoms with E-state index in [1.54, 1.807) is 33.8 Å². The number of rotatable bonds is 5. The van der Waals surface area contributed by atoms with Crippen molar-refractivity contribution >= 4 is 23.0 Å². The van der Waals surface area contributed by atoms with Gasteiger partial charge in [-0.25, -0.2) is 4.79 Å². The molecule has 0 atom stereocenters. The highest BCUT2D eigenvalue weighted by molar-refractivity contribution is 5.84. The van der Waals surface area contributed by atoms with Crippen molar-refractivity contribution in [1.82, 2.24) is 10.5 Å². The fraction of sp³-hybridized carbons (Fsp3) is 0.471. The van der Waals surface area contributed by atoms with Crippen molar-refractivity contribution in [3.05, 3.63) is 29.5 Å². The Labute approximate surface area is 140 Å². The molecule has 0 radical (unpaired) electrons. The second kappa shape index (κ2) is 7.33. The number of carbonyl (C=O) groups excluding carboxylic acids is 2. The topological polar surface area (TPSA) is 90.7 Å². The van der Waals surface area contributed by atoms with Gasteiger partial charge >= 0.3 is 12.1 Å². The number of amides is 1. The number of esters is 1. The zero-order valence-electron chi connectivity index (χ0n) is 14.3. The predicted octanol–water partition coefficient (Wildman–Crippen LogP) is 2.96. The first-order valence-corrected chi connectivity index (χ1v) is 7.78. The molecule has 7 nitrogen and oxygen atoms in total. The molecule has 7 heteroatoms. The Kier molecular flexibility index (Phi) is 5.43. The SMILES string of the molecule is CCOC(=O)Cc1noc2cc(CNC(=O)OC(C)(C)C)ccc12. The first kappa shape index (κ1) is 17.8. The van der Waals surface area contributed by atoms with Gasteiger partial charge in [0, 0.05) is 11.9 Å². The molecular weight excluding hydrogens is 312 g/mol. The number of hydrogen-bond donors (Lipinski definition) is 1. The van der Waals surface area contributed by atoms with Crippen LogP contribution in [-0.4, -0.2) is 29.4 Å². The fourth-order valence-corrected chi connectivity index (χ4v) is 2.11. The maximum atomic E-state index is 11.7. The van der Waals surface area contributed by atoms with Crippen LogP contribution in [0, 0.1) is 0 Å². The zero-order valence-corrected chi connectivity index (χ0v) is 14.3. The van der Waals surface area contributed by atoms with Crippen molar-refractivity contribution in [3.8, 4) is 0 Å². The van der Waals surface area contributed by atoms with Crippen molar-refractivity contribution in [2.24, 2.45) is 0 Å². The molecule has 1 heterocycles. The first-order chi connectivity index (χ1) is 11.3. The molecule has 0 bridgehead atoms. The molecule has 1 aromatic carbocycles. The quantitative estimate of drug-likeness (QED) is 0.845. The number of nitrogens with zero attached hydrogens (tertiary/aromatic N) is 1. The summed E-state index contributed by atoms with van der Waals surface area (Å²) < 4.78 is 15.3. The Morgan fingerprint density at radius 3 is 2.71 bits per heavy atom. The molecular formula is C17H22N2O5. The molecule has 2 rings (SSSR count). The summed E-state index contributed by atoms with van der Waals surface area (Å²) in [5.41, 5.74) is 1.39. The van der Waals surface area contributed by atoms with E-state index in [9.17, 15) is 9.59 Å². The van der Waals surface area contributed by atoms with Crippen molar-refractivity contribution < 1.29 is 23.6 Å². The van der Waals surface area contributed by atoms with Crippen LogP contribution in [0.3, 0.4) is 0 Å². The van der Waals surface area contributed by atoms with E-state index in [1.807, 2.05) is 12.1 Å². The fourth-order valence-electron chi connectivity index (χ4n) is 2.11. The van der Waals surface area contributed by atoms with E-state index >= 15 is 0 Å². The van der Waals surface area contributed by atoms with Crippen molar-refractivity contribution in [2.75, 3.05) is 6.61 Å². The third-order valence-corrected chi connectivity index (χ3v) is 3.06. The van der Waals surface area contributed by atoms with Gasteiger partial charge in [0.15, 0.2) is 5.58 Å². The Morgan fingerprint density at radius 2 is 2.04 bits per heavy atom. The molecule has 0 unspecified atom stereocenters. The molecule has 1 N–H and O–H groups in total. The van der Waals surface area contributed by atoms with E-state index in [0.717, 1.165) is 10.9 Å². The lowest BCUT2D eigenvalue weighted by atomic mass is 10.1. The van der Waals surface area contributed by atoms with Gasteiger partial charge in [-0.1, -0.05) is 11.2 Å². The van der Waals surface area contributed by atoms with Crippen LogP contribution in [0.1, 0.15) is 39.0 Å². The second-order valence-corrected chi connectivity index (χ2v) is 6.30. The summed E-state index contributed by atoms with van der Waals surface area (Å²) in [4.78, 5) is 23.2. The third-order valence-electron chi connectivity index (χ3n) is 3.06. The summed E-state index contributed by atoms with van der Waals surface area (Å²) in [6.07, 6.45) is -0.417. The molecule has 0 aliphatic heterocycles. The van der Waals surface area contributed by atoms with Crippen LogP contribution < -0.4 is 5.32 Å². The van der Waals surface area contributed by atoms with E-state index in [2.05, 4.69) is 10.5 Å². The van der Waals surface area contributed by atoms with Gasteiger partial charge in [-0.15, -0.1) is 0 Å². The highest BCUT2D eigenvalue weighted by Gasteiger charge is 2.16. The standard InChI is InChI=1S/C17H22N2O5/c1-5-22-15(20)9-13-12-7-6-11(8-14(12)24-19-13)10-18-16(21)23-17(2,3)4/h6-8H,5,9-10H2,1-4H3,(H,18,21). The number of hydrogen-bond acceptors (Lipinski definition) is 6. The first-order valence-electron chi connectivity index (χ1n) is 7.78. The molecule has 24 heavy (non-hydrogen) atoms. The van der Waals surface area contributed by atoms with E-state index in [1.165, 1.54) is 0 Å².